The van der Waals surface area contributed by atoms with Crippen molar-refractivity contribution in [3.63, 3.8) is 0 Å². The summed E-state index contributed by atoms with van der Waals surface area (Å²) in [6.07, 6.45) is 3.87. The summed E-state index contributed by atoms with van der Waals surface area (Å²) in [5.74, 6) is -1.93. The van der Waals surface area contributed by atoms with Crippen LogP contribution in [0.25, 0.3) is 0 Å². The summed E-state index contributed by atoms with van der Waals surface area (Å²) in [7, 11) is 1.58. The van der Waals surface area contributed by atoms with Crippen LogP contribution in [0.5, 0.6) is 5.75 Å². The molecule has 8 heteroatoms. The fourth-order valence-corrected chi connectivity index (χ4v) is 7.43. The molecule has 0 saturated heterocycles. The average molecular weight is 482 g/mol. The van der Waals surface area contributed by atoms with Gasteiger partial charge in [0.25, 0.3) is 0 Å². The number of rotatable bonds is 5. The van der Waals surface area contributed by atoms with E-state index in [0.29, 0.717) is 16.3 Å². The quantitative estimate of drug-likeness (QED) is 0.521. The summed E-state index contributed by atoms with van der Waals surface area (Å²) in [6, 6.07) is 13.1. The number of nitrogens with one attached hydrogen (secondary N) is 1. The van der Waals surface area contributed by atoms with E-state index >= 15 is 0 Å². The van der Waals surface area contributed by atoms with Crippen LogP contribution < -0.4 is 9.61 Å². The lowest BCUT2D eigenvalue weighted by Crippen LogP contribution is -2.40. The summed E-state index contributed by atoms with van der Waals surface area (Å²) < 4.78 is 5.28. The van der Waals surface area contributed by atoms with Crippen LogP contribution in [0.2, 0.25) is 0 Å². The topological polar surface area (TPSA) is 96.5 Å². The third-order valence-electron chi connectivity index (χ3n) is 6.54. The molecule has 2 aliphatic rings. The number of ketones is 1. The summed E-state index contributed by atoms with van der Waals surface area (Å²) in [6.45, 7) is 0. The predicted octanol–water partition coefficient (Wildman–Crippen LogP) is 4.51. The third kappa shape index (κ3) is 3.91. The Kier molecular flexibility index (Phi) is 5.88. The lowest BCUT2D eigenvalue weighted by atomic mass is 9.75. The maximum absolute atomic E-state index is 14.1. The molecule has 33 heavy (non-hydrogen) atoms. The van der Waals surface area contributed by atoms with E-state index in [2.05, 4.69) is 11.1 Å². The van der Waals surface area contributed by atoms with Gasteiger partial charge >= 0.3 is 10.8 Å². The summed E-state index contributed by atoms with van der Waals surface area (Å²) >= 11 is 2.12. The number of benzene rings is 2. The number of methoxy groups -OCH3 is 1. The number of fused-ring (bicyclic) bond motifs is 2. The number of aromatic nitrogens is 1. The number of thioether (sulfide) groups is 1. The van der Waals surface area contributed by atoms with E-state index in [1.807, 2.05) is 24.3 Å². The number of carboxylic acid groups (broad SMARTS) is 1. The molecule has 2 aromatic carbocycles. The van der Waals surface area contributed by atoms with Gasteiger partial charge in [-0.15, -0.1) is 0 Å². The largest absolute Gasteiger partial charge is 0.497 e. The molecule has 0 fully saturated rings. The minimum atomic E-state index is -1.06. The molecule has 6 nitrogen and oxygen atoms in total. The maximum atomic E-state index is 14.1. The highest BCUT2D eigenvalue weighted by molar-refractivity contribution is 8.00. The van der Waals surface area contributed by atoms with Crippen LogP contribution in [0.1, 0.15) is 50.7 Å². The maximum Gasteiger partial charge on any atom is 0.317 e. The zero-order valence-corrected chi connectivity index (χ0v) is 19.6. The molecule has 1 aliphatic heterocycles. The fraction of sp³-hybridized carbons (Fsp3) is 0.320. The number of aliphatic carboxylic acids is 1. The van der Waals surface area contributed by atoms with Crippen molar-refractivity contribution in [3.05, 3.63) is 79.3 Å². The van der Waals surface area contributed by atoms with Gasteiger partial charge in [-0.05, 0) is 54.5 Å². The van der Waals surface area contributed by atoms with E-state index in [4.69, 9.17) is 4.74 Å². The molecule has 3 aromatic rings. The molecule has 5 rings (SSSR count). The molecule has 0 unspecified atom stereocenters. The number of ether oxygens (including phenoxy) is 1. The van der Waals surface area contributed by atoms with Crippen LogP contribution in [-0.2, 0) is 17.6 Å². The number of carboxylic acids is 1. The molecule has 0 bridgehead atoms. The summed E-state index contributed by atoms with van der Waals surface area (Å²) in [4.78, 5) is 42.0. The Bertz CT molecular complexity index is 1280. The number of aromatic amines is 1. The van der Waals surface area contributed by atoms with Crippen molar-refractivity contribution in [1.29, 1.82) is 0 Å². The lowest BCUT2D eigenvalue weighted by molar-refractivity contribution is -0.137. The first kappa shape index (κ1) is 22.0. The predicted molar refractivity (Wildman–Crippen MR) is 128 cm³/mol. The Morgan fingerprint density at radius 1 is 1.09 bits per heavy atom. The highest BCUT2D eigenvalue weighted by Crippen LogP contribution is 2.50. The minimum absolute atomic E-state index is 0.166. The van der Waals surface area contributed by atoms with Gasteiger partial charge in [0.05, 0.1) is 18.1 Å². The van der Waals surface area contributed by atoms with Gasteiger partial charge in [-0.2, -0.15) is 0 Å². The van der Waals surface area contributed by atoms with Crippen molar-refractivity contribution in [1.82, 2.24) is 4.98 Å². The van der Waals surface area contributed by atoms with Crippen LogP contribution in [0.4, 0.5) is 0 Å². The van der Waals surface area contributed by atoms with Gasteiger partial charge in [-0.3, -0.25) is 14.4 Å². The molecule has 2 N–H and O–H groups in total. The van der Waals surface area contributed by atoms with Crippen molar-refractivity contribution in [2.24, 2.45) is 5.92 Å². The van der Waals surface area contributed by atoms with Gasteiger partial charge in [0, 0.05) is 16.4 Å². The molecule has 0 saturated carbocycles. The number of thiazole rings is 1. The number of carbonyl (C=O) groups is 2. The first-order valence-corrected chi connectivity index (χ1v) is 12.6. The van der Waals surface area contributed by atoms with E-state index in [1.165, 1.54) is 5.56 Å². The molecule has 0 amide bonds. The molecule has 3 atom stereocenters. The standard InChI is InChI=1S/C25H23NO5S2/c1-31-15-11-9-14(10-12-15)18-19(22(24(28)29)32-23-21(18)33-25(30)26-23)20(27)17-8-4-6-13-5-2-3-7-16(13)17/h4,6,8-12,18-19,22H,2-3,5,7H2,1H3,(H,26,30)(H,28,29)/t18-,19+,22-/m1/s1. The average Bonchev–Trinajstić information content (AvgIpc) is 3.22. The van der Waals surface area contributed by atoms with E-state index in [0.717, 1.165) is 64.8 Å². The Hall–Kier alpha value is -2.84. The number of hydrogen-bond acceptors (Lipinski definition) is 6. The number of aryl methyl sites for hydroxylation is 1. The van der Waals surface area contributed by atoms with E-state index in [1.54, 1.807) is 19.2 Å². The van der Waals surface area contributed by atoms with E-state index in [-0.39, 0.29) is 10.7 Å². The monoisotopic (exact) mass is 481 g/mol. The Morgan fingerprint density at radius 2 is 1.85 bits per heavy atom. The summed E-state index contributed by atoms with van der Waals surface area (Å²) in [5.41, 5.74) is 3.63. The molecular formula is C25H23NO5S2. The lowest BCUT2D eigenvalue weighted by Gasteiger charge is -2.35. The Labute approximate surface area is 199 Å². The molecule has 1 aromatic heterocycles. The molecule has 1 aliphatic carbocycles. The van der Waals surface area contributed by atoms with Gasteiger partial charge in [-0.1, -0.05) is 53.4 Å². The zero-order valence-electron chi connectivity index (χ0n) is 18.0. The molecule has 0 radical (unpaired) electrons. The highest BCUT2D eigenvalue weighted by atomic mass is 32.2. The number of Topliss-reactive ketones (excluding diaryl/α,β-unsaturated/α-hetero) is 1. The second-order valence-electron chi connectivity index (χ2n) is 8.38. The molecule has 170 valence electrons. The summed E-state index contributed by atoms with van der Waals surface area (Å²) in [5, 5.41) is 9.67. The fourth-order valence-electron chi connectivity index (χ4n) is 5.01. The van der Waals surface area contributed by atoms with Crippen molar-refractivity contribution in [2.45, 2.75) is 41.9 Å². The van der Waals surface area contributed by atoms with Crippen molar-refractivity contribution in [3.8, 4) is 5.75 Å². The first-order valence-electron chi connectivity index (χ1n) is 10.9. The van der Waals surface area contributed by atoms with Crippen LogP contribution in [0, 0.1) is 5.92 Å². The Morgan fingerprint density at radius 3 is 2.58 bits per heavy atom. The van der Waals surface area contributed by atoms with E-state index in [9.17, 15) is 19.5 Å². The van der Waals surface area contributed by atoms with Gasteiger partial charge in [-0.25, -0.2) is 0 Å². The second-order valence-corrected chi connectivity index (χ2v) is 10.5. The van der Waals surface area contributed by atoms with Gasteiger partial charge in [0.2, 0.25) is 0 Å². The first-order chi connectivity index (χ1) is 16.0. The third-order valence-corrected chi connectivity index (χ3v) is 8.94. The second kappa shape index (κ2) is 8.83. The minimum Gasteiger partial charge on any atom is -0.497 e. The van der Waals surface area contributed by atoms with Crippen molar-refractivity contribution >= 4 is 34.9 Å². The zero-order chi connectivity index (χ0) is 23.1. The number of hydrogen-bond donors (Lipinski definition) is 2. The SMILES string of the molecule is COc1ccc([C@H]2c3sc(=O)[nH]c3S[C@@H](C(=O)O)[C@@H]2C(=O)c2cccc3c2CCCC3)cc1. The Balaban J connectivity index is 1.68. The normalized spacial score (nSPS) is 21.7. The van der Waals surface area contributed by atoms with Gasteiger partial charge in [0.1, 0.15) is 11.0 Å². The van der Waals surface area contributed by atoms with Gasteiger partial charge in [0.15, 0.2) is 5.78 Å². The van der Waals surface area contributed by atoms with Crippen LogP contribution >= 0.6 is 23.1 Å². The van der Waals surface area contributed by atoms with Crippen LogP contribution in [0.15, 0.2) is 52.3 Å². The van der Waals surface area contributed by atoms with E-state index < -0.39 is 23.1 Å². The van der Waals surface area contributed by atoms with Crippen molar-refractivity contribution < 1.29 is 19.4 Å². The smallest absolute Gasteiger partial charge is 0.317 e. The van der Waals surface area contributed by atoms with Gasteiger partial charge < -0.3 is 14.8 Å². The van der Waals surface area contributed by atoms with Crippen LogP contribution in [-0.4, -0.2) is 34.2 Å². The molecular weight excluding hydrogens is 458 g/mol. The number of carbonyl (C=O) groups excluding carboxylic acids is 1. The molecule has 0 spiro atoms. The van der Waals surface area contributed by atoms with Crippen molar-refractivity contribution in [2.75, 3.05) is 7.11 Å². The molecule has 2 heterocycles. The number of H-pyrrole nitrogens is 1. The van der Waals surface area contributed by atoms with Crippen LogP contribution in [0.3, 0.4) is 0 Å². The highest BCUT2D eigenvalue weighted by Gasteiger charge is 2.48.